The number of halogens is 2. The predicted molar refractivity (Wildman–Crippen MR) is 71.8 cm³/mol. The second-order valence-corrected chi connectivity index (χ2v) is 5.07. The second-order valence-electron chi connectivity index (χ2n) is 4.09. The molecule has 1 aromatic rings. The van der Waals surface area contributed by atoms with Gasteiger partial charge in [-0.05, 0) is 49.6 Å². The predicted octanol–water partition coefficient (Wildman–Crippen LogP) is 2.73. The smallest absolute Gasteiger partial charge is 0.129 e. The molecule has 0 aliphatic rings. The largest absolute Gasteiger partial charge is 0.387 e. The zero-order chi connectivity index (χ0) is 13.4. The summed E-state index contributed by atoms with van der Waals surface area (Å²) in [6.45, 7) is 1.01. The highest BCUT2D eigenvalue weighted by Crippen LogP contribution is 2.17. The van der Waals surface area contributed by atoms with Crippen LogP contribution in [-0.4, -0.2) is 30.2 Å². The Morgan fingerprint density at radius 2 is 2.11 bits per heavy atom. The molecule has 1 atom stereocenters. The van der Waals surface area contributed by atoms with Gasteiger partial charge >= 0.3 is 0 Å². The van der Waals surface area contributed by atoms with Crippen molar-refractivity contribution in [2.75, 3.05) is 25.1 Å². The Morgan fingerprint density at radius 3 is 2.83 bits per heavy atom. The Balaban J connectivity index is 2.31. The van der Waals surface area contributed by atoms with E-state index in [1.54, 1.807) is 11.8 Å². The summed E-state index contributed by atoms with van der Waals surface area (Å²) in [7, 11) is 0. The Labute approximate surface area is 111 Å². The lowest BCUT2D eigenvalue weighted by molar-refractivity contribution is 0.169. The lowest BCUT2D eigenvalue weighted by Crippen LogP contribution is -2.23. The number of hydrogen-bond acceptors (Lipinski definition) is 3. The molecule has 5 heteroatoms. The van der Waals surface area contributed by atoms with Gasteiger partial charge in [-0.1, -0.05) is 0 Å². The van der Waals surface area contributed by atoms with Crippen LogP contribution < -0.4 is 5.32 Å². The fourth-order valence-electron chi connectivity index (χ4n) is 1.62. The summed E-state index contributed by atoms with van der Waals surface area (Å²) in [5.41, 5.74) is 0.00612. The van der Waals surface area contributed by atoms with E-state index < -0.39 is 17.7 Å². The highest BCUT2D eigenvalue weighted by Gasteiger charge is 2.13. The van der Waals surface area contributed by atoms with Gasteiger partial charge in [0, 0.05) is 12.1 Å². The van der Waals surface area contributed by atoms with Crippen LogP contribution in [0.1, 0.15) is 24.5 Å². The molecular formula is C13H19F2NOS. The van der Waals surface area contributed by atoms with Crippen molar-refractivity contribution >= 4 is 11.8 Å². The van der Waals surface area contributed by atoms with Crippen molar-refractivity contribution in [3.8, 4) is 0 Å². The van der Waals surface area contributed by atoms with E-state index in [1.165, 1.54) is 0 Å². The lowest BCUT2D eigenvalue weighted by atomic mass is 10.1. The Hall–Kier alpha value is -0.650. The molecular weight excluding hydrogens is 256 g/mol. The van der Waals surface area contributed by atoms with Crippen molar-refractivity contribution in [3.63, 3.8) is 0 Å². The summed E-state index contributed by atoms with van der Waals surface area (Å²) in [5, 5.41) is 12.8. The van der Waals surface area contributed by atoms with Crippen molar-refractivity contribution in [1.82, 2.24) is 5.32 Å². The van der Waals surface area contributed by atoms with Gasteiger partial charge in [0.2, 0.25) is 0 Å². The van der Waals surface area contributed by atoms with E-state index in [0.29, 0.717) is 0 Å². The van der Waals surface area contributed by atoms with Crippen molar-refractivity contribution in [1.29, 1.82) is 0 Å². The third-order valence-electron chi connectivity index (χ3n) is 2.61. The average molecular weight is 275 g/mol. The maximum absolute atomic E-state index is 13.3. The number of benzene rings is 1. The van der Waals surface area contributed by atoms with Crippen molar-refractivity contribution < 1.29 is 13.9 Å². The third kappa shape index (κ3) is 5.33. The van der Waals surface area contributed by atoms with Gasteiger partial charge in [0.15, 0.2) is 0 Å². The van der Waals surface area contributed by atoms with Crippen molar-refractivity contribution in [2.45, 2.75) is 18.9 Å². The van der Waals surface area contributed by atoms with Gasteiger partial charge in [0.25, 0.3) is 0 Å². The molecule has 102 valence electrons. The van der Waals surface area contributed by atoms with Gasteiger partial charge in [0.05, 0.1) is 6.10 Å². The molecule has 0 saturated carbocycles. The van der Waals surface area contributed by atoms with Gasteiger partial charge in [-0.2, -0.15) is 11.8 Å². The first-order chi connectivity index (χ1) is 8.65. The van der Waals surface area contributed by atoms with Gasteiger partial charge in [-0.25, -0.2) is 8.78 Å². The molecule has 0 amide bonds. The molecule has 18 heavy (non-hydrogen) atoms. The molecule has 0 spiro atoms. The van der Waals surface area contributed by atoms with Crippen molar-refractivity contribution in [3.05, 3.63) is 35.4 Å². The molecule has 0 radical (unpaired) electrons. The lowest BCUT2D eigenvalue weighted by Gasteiger charge is -2.13. The topological polar surface area (TPSA) is 32.3 Å². The molecule has 2 nitrogen and oxygen atoms in total. The van der Waals surface area contributed by atoms with Crippen LogP contribution in [0.4, 0.5) is 8.78 Å². The normalized spacial score (nSPS) is 12.7. The van der Waals surface area contributed by atoms with Gasteiger partial charge in [0.1, 0.15) is 11.6 Å². The number of unbranched alkanes of at least 4 members (excludes halogenated alkanes) is 1. The SMILES string of the molecule is CSCCCCNCC(O)c1cc(F)ccc1F. The number of aliphatic hydroxyl groups is 1. The first kappa shape index (κ1) is 15.4. The van der Waals surface area contributed by atoms with E-state index in [1.807, 2.05) is 0 Å². The minimum Gasteiger partial charge on any atom is -0.387 e. The molecule has 0 fully saturated rings. The summed E-state index contributed by atoms with van der Waals surface area (Å²) >= 11 is 1.80. The van der Waals surface area contributed by atoms with Gasteiger partial charge in [-0.3, -0.25) is 0 Å². The van der Waals surface area contributed by atoms with Gasteiger partial charge in [-0.15, -0.1) is 0 Å². The number of hydrogen-bond donors (Lipinski definition) is 2. The molecule has 0 bridgehead atoms. The molecule has 1 rings (SSSR count). The maximum Gasteiger partial charge on any atom is 0.129 e. The quantitative estimate of drug-likeness (QED) is 0.716. The second kappa shape index (κ2) is 8.45. The molecule has 1 aromatic carbocycles. The van der Waals surface area contributed by atoms with Gasteiger partial charge < -0.3 is 10.4 Å². The summed E-state index contributed by atoms with van der Waals surface area (Å²) in [4.78, 5) is 0. The van der Waals surface area contributed by atoms with Crippen LogP contribution in [0, 0.1) is 11.6 Å². The fourth-order valence-corrected chi connectivity index (χ4v) is 2.11. The minimum atomic E-state index is -1.01. The minimum absolute atomic E-state index is 0.00612. The number of thioether (sulfide) groups is 1. The average Bonchev–Trinajstić information content (AvgIpc) is 2.36. The molecule has 0 aliphatic carbocycles. The molecule has 2 N–H and O–H groups in total. The molecule has 0 aliphatic heterocycles. The van der Waals surface area contributed by atoms with Crippen molar-refractivity contribution in [2.24, 2.45) is 0 Å². The monoisotopic (exact) mass is 275 g/mol. The maximum atomic E-state index is 13.3. The van der Waals surface area contributed by atoms with Crippen LogP contribution in [-0.2, 0) is 0 Å². The summed E-state index contributed by atoms with van der Waals surface area (Å²) in [6, 6.07) is 3.11. The Bertz CT molecular complexity index is 363. The number of rotatable bonds is 8. The first-order valence-corrected chi connectivity index (χ1v) is 7.37. The number of aliphatic hydroxyl groups excluding tert-OH is 1. The van der Waals surface area contributed by atoms with E-state index >= 15 is 0 Å². The highest BCUT2D eigenvalue weighted by molar-refractivity contribution is 7.98. The summed E-state index contributed by atoms with van der Waals surface area (Å²) in [6.07, 6.45) is 3.17. The van der Waals surface area contributed by atoms with Crippen LogP contribution in [0.3, 0.4) is 0 Å². The first-order valence-electron chi connectivity index (χ1n) is 5.98. The van der Waals surface area contributed by atoms with Crippen LogP contribution >= 0.6 is 11.8 Å². The Kier molecular flexibility index (Phi) is 7.23. The molecule has 0 heterocycles. The standard InChI is InChI=1S/C13H19F2NOS/c1-18-7-3-2-6-16-9-13(17)11-8-10(14)4-5-12(11)15/h4-5,8,13,16-17H,2-3,6-7,9H2,1H3. The number of nitrogens with one attached hydrogen (secondary N) is 1. The van der Waals surface area contributed by atoms with E-state index in [9.17, 15) is 13.9 Å². The summed E-state index contributed by atoms with van der Waals surface area (Å²) < 4.78 is 26.3. The highest BCUT2D eigenvalue weighted by atomic mass is 32.2. The zero-order valence-electron chi connectivity index (χ0n) is 10.5. The summed E-state index contributed by atoms with van der Waals surface area (Å²) in [5.74, 6) is 0.00135. The van der Waals surface area contributed by atoms with Crippen LogP contribution in [0.2, 0.25) is 0 Å². The molecule has 0 aromatic heterocycles. The van der Waals surface area contributed by atoms with Crippen LogP contribution in [0.5, 0.6) is 0 Å². The van der Waals surface area contributed by atoms with E-state index in [0.717, 1.165) is 43.3 Å². The van der Waals surface area contributed by atoms with E-state index in [4.69, 9.17) is 0 Å². The Morgan fingerprint density at radius 1 is 1.33 bits per heavy atom. The molecule has 1 unspecified atom stereocenters. The van der Waals surface area contributed by atoms with E-state index in [2.05, 4.69) is 11.6 Å². The van der Waals surface area contributed by atoms with E-state index in [-0.39, 0.29) is 12.1 Å². The van der Waals surface area contributed by atoms with Crippen LogP contribution in [0.15, 0.2) is 18.2 Å². The zero-order valence-corrected chi connectivity index (χ0v) is 11.3. The third-order valence-corrected chi connectivity index (χ3v) is 3.30. The van der Waals surface area contributed by atoms with Crippen LogP contribution in [0.25, 0.3) is 0 Å². The molecule has 0 saturated heterocycles. The fraction of sp³-hybridized carbons (Fsp3) is 0.538.